The zero-order chi connectivity index (χ0) is 10.8. The van der Waals surface area contributed by atoms with E-state index in [1.54, 1.807) is 0 Å². The molecule has 1 N–H and O–H groups in total. The van der Waals surface area contributed by atoms with Gasteiger partial charge in [0.2, 0.25) is 5.91 Å². The summed E-state index contributed by atoms with van der Waals surface area (Å²) < 4.78 is 0. The third-order valence-electron chi connectivity index (χ3n) is 1.58. The summed E-state index contributed by atoms with van der Waals surface area (Å²) in [7, 11) is 0. The van der Waals surface area contributed by atoms with Crippen molar-refractivity contribution in [2.45, 2.75) is 27.2 Å². The molecule has 2 nitrogen and oxygen atoms in total. The van der Waals surface area contributed by atoms with Crippen molar-refractivity contribution in [2.75, 3.05) is 6.54 Å². The van der Waals surface area contributed by atoms with Gasteiger partial charge in [0.05, 0.1) is 6.42 Å². The third-order valence-corrected chi connectivity index (χ3v) is 1.58. The van der Waals surface area contributed by atoms with Crippen molar-refractivity contribution < 1.29 is 4.79 Å². The predicted molar refractivity (Wildman–Crippen MR) is 60.2 cm³/mol. The van der Waals surface area contributed by atoms with Crippen LogP contribution in [0.2, 0.25) is 0 Å². The minimum Gasteiger partial charge on any atom is -0.356 e. The number of likely N-dealkylation sites (N-methyl/N-ethyl adjacent to an activating group) is 1. The molecule has 2 heteroatoms. The molecule has 0 saturated heterocycles. The van der Waals surface area contributed by atoms with Crippen LogP contribution >= 0.6 is 0 Å². The van der Waals surface area contributed by atoms with Crippen LogP contribution < -0.4 is 5.32 Å². The van der Waals surface area contributed by atoms with Crippen molar-refractivity contribution >= 4 is 5.91 Å². The van der Waals surface area contributed by atoms with Gasteiger partial charge in [0.25, 0.3) is 0 Å². The Bertz CT molecular complexity index is 244. The van der Waals surface area contributed by atoms with Crippen LogP contribution in [-0.4, -0.2) is 12.5 Å². The van der Waals surface area contributed by atoms with Gasteiger partial charge in [-0.05, 0) is 12.5 Å². The minimum absolute atomic E-state index is 0.0868. The lowest BCUT2D eigenvalue weighted by Crippen LogP contribution is -2.24. The molecular weight excluding hydrogens is 174 g/mol. The van der Waals surface area contributed by atoms with Crippen molar-refractivity contribution in [2.24, 2.45) is 0 Å². The lowest BCUT2D eigenvalue weighted by atomic mass is 10.1. The zero-order valence-electron chi connectivity index (χ0n) is 9.21. The summed E-state index contributed by atoms with van der Waals surface area (Å²) in [5.41, 5.74) is 1.06. The monoisotopic (exact) mass is 193 g/mol. The Balaban J connectivity index is 0.000000791. The first-order valence-electron chi connectivity index (χ1n) is 5.13. The van der Waals surface area contributed by atoms with Crippen molar-refractivity contribution in [1.29, 1.82) is 0 Å². The van der Waals surface area contributed by atoms with Crippen LogP contribution in [0.15, 0.2) is 30.3 Å². The van der Waals surface area contributed by atoms with E-state index in [0.29, 0.717) is 13.0 Å². The van der Waals surface area contributed by atoms with Gasteiger partial charge in [0, 0.05) is 6.54 Å². The van der Waals surface area contributed by atoms with E-state index >= 15 is 0 Å². The molecule has 1 aromatic rings. The summed E-state index contributed by atoms with van der Waals surface area (Å²) in [6, 6.07) is 9.73. The maximum atomic E-state index is 11.1. The normalized spacial score (nSPS) is 8.50. The van der Waals surface area contributed by atoms with Crippen LogP contribution in [0.25, 0.3) is 0 Å². The average Bonchev–Trinajstić information content (AvgIpc) is 2.22. The molecule has 1 aromatic carbocycles. The van der Waals surface area contributed by atoms with E-state index in [0.717, 1.165) is 5.56 Å². The first kappa shape index (κ1) is 12.7. The Morgan fingerprint density at radius 2 is 1.79 bits per heavy atom. The first-order chi connectivity index (χ1) is 6.83. The van der Waals surface area contributed by atoms with Crippen LogP contribution in [0.5, 0.6) is 0 Å². The Labute approximate surface area is 86.3 Å². The molecule has 0 spiro atoms. The average molecular weight is 193 g/mol. The van der Waals surface area contributed by atoms with Crippen LogP contribution in [0.4, 0.5) is 0 Å². The number of carbonyl (C=O) groups excluding carboxylic acids is 1. The molecule has 0 saturated carbocycles. The molecule has 0 aliphatic heterocycles. The molecule has 0 atom stereocenters. The fraction of sp³-hybridized carbons (Fsp3) is 0.417. The van der Waals surface area contributed by atoms with Gasteiger partial charge in [-0.1, -0.05) is 44.2 Å². The highest BCUT2D eigenvalue weighted by Gasteiger charge is 1.99. The SMILES string of the molecule is CC.CCNC(=O)Cc1ccccc1. The highest BCUT2D eigenvalue weighted by molar-refractivity contribution is 5.78. The number of carbonyl (C=O) groups is 1. The Hall–Kier alpha value is -1.31. The first-order valence-corrected chi connectivity index (χ1v) is 5.13. The van der Waals surface area contributed by atoms with E-state index in [4.69, 9.17) is 0 Å². The van der Waals surface area contributed by atoms with Crippen molar-refractivity contribution in [1.82, 2.24) is 5.32 Å². The van der Waals surface area contributed by atoms with E-state index in [9.17, 15) is 4.79 Å². The maximum Gasteiger partial charge on any atom is 0.224 e. The summed E-state index contributed by atoms with van der Waals surface area (Å²) >= 11 is 0. The highest BCUT2D eigenvalue weighted by atomic mass is 16.1. The van der Waals surface area contributed by atoms with Gasteiger partial charge in [0.15, 0.2) is 0 Å². The van der Waals surface area contributed by atoms with Crippen LogP contribution in [-0.2, 0) is 11.2 Å². The second-order valence-electron chi connectivity index (χ2n) is 2.62. The molecule has 0 aliphatic carbocycles. The molecule has 0 bridgehead atoms. The second-order valence-corrected chi connectivity index (χ2v) is 2.62. The molecule has 14 heavy (non-hydrogen) atoms. The number of hydrogen-bond donors (Lipinski definition) is 1. The summed E-state index contributed by atoms with van der Waals surface area (Å²) in [6.45, 7) is 6.62. The van der Waals surface area contributed by atoms with E-state index < -0.39 is 0 Å². The standard InChI is InChI=1S/C10H13NO.C2H6/c1-2-11-10(12)8-9-6-4-3-5-7-9;1-2/h3-7H,2,8H2,1H3,(H,11,12);1-2H3. The van der Waals surface area contributed by atoms with Crippen molar-refractivity contribution in [3.8, 4) is 0 Å². The summed E-state index contributed by atoms with van der Waals surface area (Å²) in [4.78, 5) is 11.1. The zero-order valence-corrected chi connectivity index (χ0v) is 9.21. The number of benzene rings is 1. The van der Waals surface area contributed by atoms with Gasteiger partial charge < -0.3 is 5.32 Å². The molecule has 0 fully saturated rings. The van der Waals surface area contributed by atoms with E-state index in [-0.39, 0.29) is 5.91 Å². The highest BCUT2D eigenvalue weighted by Crippen LogP contribution is 1.98. The molecule has 0 radical (unpaired) electrons. The van der Waals surface area contributed by atoms with Crippen LogP contribution in [0.3, 0.4) is 0 Å². The van der Waals surface area contributed by atoms with Crippen molar-refractivity contribution in [3.05, 3.63) is 35.9 Å². The summed E-state index contributed by atoms with van der Waals surface area (Å²) in [5.74, 6) is 0.0868. The molecule has 0 heterocycles. The van der Waals surface area contributed by atoms with Crippen molar-refractivity contribution in [3.63, 3.8) is 0 Å². The van der Waals surface area contributed by atoms with Crippen LogP contribution in [0.1, 0.15) is 26.3 Å². The Kier molecular flexibility index (Phi) is 7.52. The van der Waals surface area contributed by atoms with E-state index in [1.165, 1.54) is 0 Å². The quantitative estimate of drug-likeness (QED) is 0.784. The fourth-order valence-electron chi connectivity index (χ4n) is 1.04. The molecule has 0 aromatic heterocycles. The Morgan fingerprint density at radius 3 is 2.29 bits per heavy atom. The minimum atomic E-state index is 0.0868. The van der Waals surface area contributed by atoms with Crippen LogP contribution in [0, 0.1) is 0 Å². The molecule has 0 aliphatic rings. The lowest BCUT2D eigenvalue weighted by Gasteiger charge is -2.00. The van der Waals surface area contributed by atoms with E-state index in [2.05, 4.69) is 5.32 Å². The number of amides is 1. The smallest absolute Gasteiger partial charge is 0.224 e. The van der Waals surface area contributed by atoms with Gasteiger partial charge in [-0.2, -0.15) is 0 Å². The number of nitrogens with one attached hydrogen (secondary N) is 1. The van der Waals surface area contributed by atoms with Gasteiger partial charge >= 0.3 is 0 Å². The van der Waals surface area contributed by atoms with Gasteiger partial charge in [-0.15, -0.1) is 0 Å². The Morgan fingerprint density at radius 1 is 1.21 bits per heavy atom. The molecule has 0 unspecified atom stereocenters. The summed E-state index contributed by atoms with van der Waals surface area (Å²) in [5, 5.41) is 2.76. The number of rotatable bonds is 3. The lowest BCUT2D eigenvalue weighted by molar-refractivity contribution is -0.120. The maximum absolute atomic E-state index is 11.1. The van der Waals surface area contributed by atoms with Gasteiger partial charge in [-0.3, -0.25) is 4.79 Å². The number of hydrogen-bond acceptors (Lipinski definition) is 1. The largest absolute Gasteiger partial charge is 0.356 e. The summed E-state index contributed by atoms with van der Waals surface area (Å²) in [6.07, 6.45) is 0.481. The predicted octanol–water partition coefficient (Wildman–Crippen LogP) is 2.39. The molecule has 78 valence electrons. The third kappa shape index (κ3) is 5.36. The fourth-order valence-corrected chi connectivity index (χ4v) is 1.04. The molecule has 1 rings (SSSR count). The van der Waals surface area contributed by atoms with Gasteiger partial charge in [0.1, 0.15) is 0 Å². The second kappa shape index (κ2) is 8.30. The van der Waals surface area contributed by atoms with E-state index in [1.807, 2.05) is 51.1 Å². The van der Waals surface area contributed by atoms with Gasteiger partial charge in [-0.25, -0.2) is 0 Å². The molecule has 1 amide bonds. The topological polar surface area (TPSA) is 29.1 Å². The molecular formula is C12H19NO.